The summed E-state index contributed by atoms with van der Waals surface area (Å²) in [5.74, 6) is 1.42. The van der Waals surface area contributed by atoms with Crippen molar-refractivity contribution in [2.45, 2.75) is 64.6 Å². The minimum atomic E-state index is -0.507. The summed E-state index contributed by atoms with van der Waals surface area (Å²) < 4.78 is 7.52. The lowest BCUT2D eigenvalue weighted by Gasteiger charge is -2.40. The Hall–Kier alpha value is -3.76. The number of rotatable bonds is 8. The van der Waals surface area contributed by atoms with Gasteiger partial charge in [0, 0.05) is 45.5 Å². The second-order valence-corrected chi connectivity index (χ2v) is 11.8. The molecule has 2 aliphatic rings. The van der Waals surface area contributed by atoms with Crippen molar-refractivity contribution < 1.29 is 9.53 Å². The molecule has 4 heterocycles. The van der Waals surface area contributed by atoms with Gasteiger partial charge in [0.15, 0.2) is 5.82 Å². The summed E-state index contributed by atoms with van der Waals surface area (Å²) in [5, 5.41) is 17.6. The van der Waals surface area contributed by atoms with Crippen LogP contribution in [0.1, 0.15) is 52.1 Å². The first kappa shape index (κ1) is 26.8. The van der Waals surface area contributed by atoms with Gasteiger partial charge in [0.1, 0.15) is 11.3 Å². The van der Waals surface area contributed by atoms with Gasteiger partial charge in [-0.25, -0.2) is 9.48 Å². The largest absolute Gasteiger partial charge is 0.444 e. The Kier molecular flexibility index (Phi) is 7.67. The van der Waals surface area contributed by atoms with Crippen LogP contribution in [0.4, 0.5) is 16.3 Å². The molecule has 1 saturated carbocycles. The molecule has 1 amide bonds. The lowest BCUT2D eigenvalue weighted by molar-refractivity contribution is 0.0134. The average Bonchev–Trinajstić information content (AvgIpc) is 3.62. The number of nitrogens with zero attached hydrogens (tertiary/aromatic N) is 9. The molecule has 208 valence electrons. The fourth-order valence-corrected chi connectivity index (χ4v) is 4.78. The SMILES string of the molecule is CN(C)c1cncc(-c2cn(Cc3ccc(N4CCC[C@@H](N(CC5CC5)C(=O)OC(C)(C)C)C4)nn3)nn2)c1. The first-order chi connectivity index (χ1) is 18.6. The molecule has 3 aromatic rings. The van der Waals surface area contributed by atoms with E-state index in [9.17, 15) is 4.79 Å². The minimum Gasteiger partial charge on any atom is -0.444 e. The quantitative estimate of drug-likeness (QED) is 0.427. The number of ether oxygens (including phenoxy) is 1. The average molecular weight is 534 g/mol. The predicted octanol–water partition coefficient (Wildman–Crippen LogP) is 3.86. The highest BCUT2D eigenvalue weighted by atomic mass is 16.6. The molecule has 0 unspecified atom stereocenters. The molecule has 1 atom stereocenters. The zero-order chi connectivity index (χ0) is 27.6. The van der Waals surface area contributed by atoms with E-state index in [1.54, 1.807) is 10.9 Å². The van der Waals surface area contributed by atoms with Gasteiger partial charge in [-0.1, -0.05) is 5.21 Å². The molecule has 2 fully saturated rings. The van der Waals surface area contributed by atoms with Gasteiger partial charge < -0.3 is 19.4 Å². The summed E-state index contributed by atoms with van der Waals surface area (Å²) in [5.41, 5.74) is 2.97. The zero-order valence-corrected chi connectivity index (χ0v) is 23.6. The Morgan fingerprint density at radius 2 is 1.92 bits per heavy atom. The molecule has 0 radical (unpaired) electrons. The van der Waals surface area contributed by atoms with Gasteiger partial charge in [-0.15, -0.1) is 10.2 Å². The van der Waals surface area contributed by atoms with Crippen LogP contribution >= 0.6 is 0 Å². The normalized spacial score (nSPS) is 17.7. The fourth-order valence-electron chi connectivity index (χ4n) is 4.78. The highest BCUT2D eigenvalue weighted by molar-refractivity contribution is 5.69. The minimum absolute atomic E-state index is 0.102. The Balaban J connectivity index is 1.22. The van der Waals surface area contributed by atoms with Crippen LogP contribution in [-0.4, -0.2) is 86.5 Å². The van der Waals surface area contributed by atoms with E-state index in [-0.39, 0.29) is 12.1 Å². The first-order valence-electron chi connectivity index (χ1n) is 13.7. The van der Waals surface area contributed by atoms with Crippen molar-refractivity contribution in [1.29, 1.82) is 0 Å². The topological polar surface area (TPSA) is 105 Å². The van der Waals surface area contributed by atoms with E-state index in [1.165, 1.54) is 12.8 Å². The molecule has 5 rings (SSSR count). The highest BCUT2D eigenvalue weighted by Gasteiger charge is 2.36. The van der Waals surface area contributed by atoms with Gasteiger partial charge in [0.25, 0.3) is 0 Å². The van der Waals surface area contributed by atoms with Crippen LogP contribution in [0, 0.1) is 5.92 Å². The maximum Gasteiger partial charge on any atom is 0.410 e. The first-order valence-corrected chi connectivity index (χ1v) is 13.7. The van der Waals surface area contributed by atoms with Crippen LogP contribution < -0.4 is 9.80 Å². The molecule has 1 aliphatic heterocycles. The van der Waals surface area contributed by atoms with Crippen molar-refractivity contribution in [2.75, 3.05) is 43.5 Å². The van der Waals surface area contributed by atoms with Gasteiger partial charge in [-0.2, -0.15) is 5.10 Å². The van der Waals surface area contributed by atoms with Gasteiger partial charge in [-0.3, -0.25) is 4.98 Å². The lowest BCUT2D eigenvalue weighted by Crippen LogP contribution is -2.52. The van der Waals surface area contributed by atoms with E-state index in [4.69, 9.17) is 4.74 Å². The van der Waals surface area contributed by atoms with Gasteiger partial charge in [-0.05, 0) is 70.6 Å². The Morgan fingerprint density at radius 3 is 2.62 bits per heavy atom. The molecular weight excluding hydrogens is 494 g/mol. The number of carbonyl (C=O) groups is 1. The van der Waals surface area contributed by atoms with E-state index in [0.717, 1.165) is 60.9 Å². The summed E-state index contributed by atoms with van der Waals surface area (Å²) >= 11 is 0. The van der Waals surface area contributed by atoms with Crippen molar-refractivity contribution >= 4 is 17.6 Å². The molecular formula is C28H39N9O2. The zero-order valence-electron chi connectivity index (χ0n) is 23.6. The smallest absolute Gasteiger partial charge is 0.410 e. The van der Waals surface area contributed by atoms with Gasteiger partial charge in [0.2, 0.25) is 0 Å². The molecule has 1 saturated heterocycles. The van der Waals surface area contributed by atoms with E-state index in [1.807, 2.05) is 75.3 Å². The molecule has 11 heteroatoms. The third-order valence-corrected chi connectivity index (χ3v) is 7.05. The summed E-state index contributed by atoms with van der Waals surface area (Å²) in [6, 6.07) is 6.13. The number of piperidine rings is 1. The number of hydrogen-bond donors (Lipinski definition) is 0. The molecule has 0 spiro atoms. The van der Waals surface area contributed by atoms with E-state index in [2.05, 4.69) is 30.4 Å². The number of carbonyl (C=O) groups excluding carboxylic acids is 1. The standard InChI is InChI=1S/C28H39N9O2/c1-28(2,3)39-27(38)37(16-20-8-9-20)23-7-6-12-35(18-23)26-11-10-22(30-32-26)17-36-19-25(31-33-36)21-13-24(34(4)5)15-29-14-21/h10-11,13-15,19-20,23H,6-9,12,16-18H2,1-5H3/t23-/m1/s1. The third-order valence-electron chi connectivity index (χ3n) is 7.05. The molecule has 1 aliphatic carbocycles. The van der Waals surface area contributed by atoms with Crippen molar-refractivity contribution in [1.82, 2.24) is 35.1 Å². The molecule has 0 aromatic carbocycles. The summed E-state index contributed by atoms with van der Waals surface area (Å²) in [4.78, 5) is 23.6. The van der Waals surface area contributed by atoms with Gasteiger partial charge in [0.05, 0.1) is 36.4 Å². The monoisotopic (exact) mass is 533 g/mol. The van der Waals surface area contributed by atoms with E-state index in [0.29, 0.717) is 12.5 Å². The Bertz CT molecular complexity index is 1260. The summed E-state index contributed by atoms with van der Waals surface area (Å²) in [7, 11) is 3.96. The Morgan fingerprint density at radius 1 is 1.10 bits per heavy atom. The van der Waals surface area contributed by atoms with Crippen LogP contribution in [0.3, 0.4) is 0 Å². The van der Waals surface area contributed by atoms with E-state index >= 15 is 0 Å². The number of anilines is 2. The third kappa shape index (κ3) is 7.01. The molecule has 0 bridgehead atoms. The van der Waals surface area contributed by atoms with Crippen LogP contribution in [0.15, 0.2) is 36.8 Å². The fraction of sp³-hybridized carbons (Fsp3) is 0.571. The van der Waals surface area contributed by atoms with Crippen LogP contribution in [0.2, 0.25) is 0 Å². The highest BCUT2D eigenvalue weighted by Crippen LogP contribution is 2.32. The van der Waals surface area contributed by atoms with Gasteiger partial charge >= 0.3 is 6.09 Å². The number of pyridine rings is 1. The number of hydrogen-bond acceptors (Lipinski definition) is 9. The molecule has 39 heavy (non-hydrogen) atoms. The molecule has 11 nitrogen and oxygen atoms in total. The maximum atomic E-state index is 13.1. The number of amides is 1. The molecule has 3 aromatic heterocycles. The second-order valence-electron chi connectivity index (χ2n) is 11.8. The van der Waals surface area contributed by atoms with Crippen molar-refractivity contribution in [3.63, 3.8) is 0 Å². The van der Waals surface area contributed by atoms with Crippen molar-refractivity contribution in [3.8, 4) is 11.3 Å². The lowest BCUT2D eigenvalue weighted by atomic mass is 10.0. The molecule has 0 N–H and O–H groups in total. The number of aromatic nitrogens is 6. The maximum absolute atomic E-state index is 13.1. The summed E-state index contributed by atoms with van der Waals surface area (Å²) in [6.07, 6.45) is 9.63. The van der Waals surface area contributed by atoms with Crippen LogP contribution in [-0.2, 0) is 11.3 Å². The van der Waals surface area contributed by atoms with Crippen LogP contribution in [0.5, 0.6) is 0 Å². The van der Waals surface area contributed by atoms with E-state index < -0.39 is 5.60 Å². The van der Waals surface area contributed by atoms with Crippen molar-refractivity contribution in [2.24, 2.45) is 5.92 Å². The van der Waals surface area contributed by atoms with Crippen LogP contribution in [0.25, 0.3) is 11.3 Å². The van der Waals surface area contributed by atoms with Crippen molar-refractivity contribution in [3.05, 3.63) is 42.5 Å². The summed E-state index contributed by atoms with van der Waals surface area (Å²) in [6.45, 7) is 8.62. The second kappa shape index (κ2) is 11.2. The predicted molar refractivity (Wildman–Crippen MR) is 150 cm³/mol. The Labute approximate surface area is 230 Å².